The fraction of sp³-hybridized carbons (Fsp3) is 0. The molecule has 0 fully saturated rings. The molecule has 60 valence electrons. The van der Waals surface area contributed by atoms with Crippen molar-refractivity contribution in [2.24, 2.45) is 0 Å². The standard InChI is InChI=1S/C8H2N4O/c9-3-5-1-2-6(4-10)8-7(5)11-13-12-8/h1-2H. The lowest BCUT2D eigenvalue weighted by molar-refractivity contribution is 0.315. The quantitative estimate of drug-likeness (QED) is 0.587. The van der Waals surface area contributed by atoms with E-state index in [-0.39, 0.29) is 0 Å². The van der Waals surface area contributed by atoms with Gasteiger partial charge in [0.1, 0.15) is 12.1 Å². The van der Waals surface area contributed by atoms with Crippen molar-refractivity contribution >= 4 is 11.0 Å². The minimum Gasteiger partial charge on any atom is -0.243 e. The van der Waals surface area contributed by atoms with E-state index in [0.29, 0.717) is 22.2 Å². The number of nitriles is 2. The predicted octanol–water partition coefficient (Wildman–Crippen LogP) is 0.966. The molecule has 5 nitrogen and oxygen atoms in total. The van der Waals surface area contributed by atoms with Crippen LogP contribution in [-0.4, -0.2) is 10.3 Å². The van der Waals surface area contributed by atoms with Gasteiger partial charge in [-0.2, -0.15) is 10.5 Å². The highest BCUT2D eigenvalue weighted by molar-refractivity contribution is 5.84. The van der Waals surface area contributed by atoms with Gasteiger partial charge in [0, 0.05) is 0 Å². The fourth-order valence-electron chi connectivity index (χ4n) is 1.05. The first kappa shape index (κ1) is 7.26. The molecule has 1 aromatic carbocycles. The summed E-state index contributed by atoms with van der Waals surface area (Å²) in [5.41, 5.74) is 1.38. The zero-order valence-electron chi connectivity index (χ0n) is 6.35. The van der Waals surface area contributed by atoms with Crippen molar-refractivity contribution in [3.63, 3.8) is 0 Å². The summed E-state index contributed by atoms with van der Waals surface area (Å²) in [5, 5.41) is 24.4. The van der Waals surface area contributed by atoms with Gasteiger partial charge in [-0.15, -0.1) is 0 Å². The van der Waals surface area contributed by atoms with E-state index in [9.17, 15) is 0 Å². The summed E-state index contributed by atoms with van der Waals surface area (Å²) in [6, 6.07) is 6.91. The van der Waals surface area contributed by atoms with Crippen LogP contribution in [0.5, 0.6) is 0 Å². The molecule has 0 N–H and O–H groups in total. The Morgan fingerprint density at radius 2 is 1.46 bits per heavy atom. The topological polar surface area (TPSA) is 86.5 Å². The zero-order chi connectivity index (χ0) is 9.26. The van der Waals surface area contributed by atoms with Gasteiger partial charge < -0.3 is 0 Å². The molecule has 0 atom stereocenters. The zero-order valence-corrected chi connectivity index (χ0v) is 6.35. The third kappa shape index (κ3) is 0.916. The van der Waals surface area contributed by atoms with Gasteiger partial charge >= 0.3 is 0 Å². The van der Waals surface area contributed by atoms with E-state index in [1.54, 1.807) is 0 Å². The second kappa shape index (κ2) is 2.58. The molecule has 0 amide bonds. The number of fused-ring (bicyclic) bond motifs is 1. The number of aromatic nitrogens is 2. The normalized spacial score (nSPS) is 9.38. The average molecular weight is 170 g/mol. The van der Waals surface area contributed by atoms with Crippen LogP contribution in [0.15, 0.2) is 16.8 Å². The summed E-state index contributed by atoms with van der Waals surface area (Å²) in [6.45, 7) is 0. The van der Waals surface area contributed by atoms with Crippen molar-refractivity contribution in [1.29, 1.82) is 10.5 Å². The highest BCUT2D eigenvalue weighted by Gasteiger charge is 2.10. The predicted molar refractivity (Wildman–Crippen MR) is 41.2 cm³/mol. The molecule has 2 aromatic rings. The van der Waals surface area contributed by atoms with E-state index >= 15 is 0 Å². The van der Waals surface area contributed by atoms with Crippen molar-refractivity contribution in [1.82, 2.24) is 10.3 Å². The van der Waals surface area contributed by atoms with Gasteiger partial charge in [0.2, 0.25) is 0 Å². The van der Waals surface area contributed by atoms with Gasteiger partial charge in [-0.1, -0.05) is 0 Å². The summed E-state index contributed by atoms with van der Waals surface area (Å²) in [7, 11) is 0. The molecule has 1 heterocycles. The Kier molecular flexibility index (Phi) is 1.44. The molecule has 0 bridgehead atoms. The van der Waals surface area contributed by atoms with E-state index < -0.39 is 0 Å². The van der Waals surface area contributed by atoms with Crippen LogP contribution in [0.3, 0.4) is 0 Å². The first-order chi connectivity index (χ1) is 6.36. The van der Waals surface area contributed by atoms with Crippen LogP contribution in [0.25, 0.3) is 11.0 Å². The van der Waals surface area contributed by atoms with Crippen LogP contribution in [0.1, 0.15) is 11.1 Å². The minimum atomic E-state index is 0.335. The lowest BCUT2D eigenvalue weighted by Gasteiger charge is -1.89. The smallest absolute Gasteiger partial charge is 0.154 e. The molecule has 1 aromatic heterocycles. The molecule has 13 heavy (non-hydrogen) atoms. The Balaban J connectivity index is 2.93. The Morgan fingerprint density at radius 1 is 1.00 bits per heavy atom. The molecule has 0 saturated carbocycles. The van der Waals surface area contributed by atoms with Crippen molar-refractivity contribution in [2.75, 3.05) is 0 Å². The minimum absolute atomic E-state index is 0.335. The van der Waals surface area contributed by atoms with E-state index in [1.165, 1.54) is 12.1 Å². The number of hydrogen-bond donors (Lipinski definition) is 0. The van der Waals surface area contributed by atoms with Gasteiger partial charge in [-0.25, -0.2) is 4.63 Å². The van der Waals surface area contributed by atoms with Crippen LogP contribution >= 0.6 is 0 Å². The van der Waals surface area contributed by atoms with Crippen molar-refractivity contribution in [2.45, 2.75) is 0 Å². The maximum Gasteiger partial charge on any atom is 0.154 e. The van der Waals surface area contributed by atoms with Crippen LogP contribution in [-0.2, 0) is 0 Å². The summed E-state index contributed by atoms with van der Waals surface area (Å²) < 4.78 is 4.45. The molecule has 0 spiro atoms. The highest BCUT2D eigenvalue weighted by Crippen LogP contribution is 2.17. The molecule has 0 unspecified atom stereocenters. The third-order valence-corrected chi connectivity index (χ3v) is 1.66. The maximum atomic E-state index is 8.68. The molecular formula is C8H2N4O. The first-order valence-electron chi connectivity index (χ1n) is 3.42. The second-order valence-electron chi connectivity index (χ2n) is 2.35. The SMILES string of the molecule is N#Cc1ccc(C#N)c2nonc12. The molecule has 0 aliphatic carbocycles. The van der Waals surface area contributed by atoms with E-state index in [1.807, 2.05) is 12.1 Å². The molecule has 0 aliphatic heterocycles. The van der Waals surface area contributed by atoms with Crippen molar-refractivity contribution in [3.8, 4) is 12.1 Å². The molecule has 0 radical (unpaired) electrons. The monoisotopic (exact) mass is 170 g/mol. The van der Waals surface area contributed by atoms with Gasteiger partial charge in [-0.05, 0) is 22.4 Å². The Hall–Kier alpha value is -2.40. The third-order valence-electron chi connectivity index (χ3n) is 1.66. The van der Waals surface area contributed by atoms with Gasteiger partial charge in [0.25, 0.3) is 0 Å². The highest BCUT2D eigenvalue weighted by atomic mass is 16.6. The van der Waals surface area contributed by atoms with E-state index in [4.69, 9.17) is 10.5 Å². The van der Waals surface area contributed by atoms with Crippen molar-refractivity contribution in [3.05, 3.63) is 23.3 Å². The largest absolute Gasteiger partial charge is 0.243 e. The van der Waals surface area contributed by atoms with E-state index in [2.05, 4.69) is 14.9 Å². The van der Waals surface area contributed by atoms with Gasteiger partial charge in [0.05, 0.1) is 11.1 Å². The summed E-state index contributed by atoms with van der Waals surface area (Å²) >= 11 is 0. The fourth-order valence-corrected chi connectivity index (χ4v) is 1.05. The number of nitrogens with zero attached hydrogens (tertiary/aromatic N) is 4. The Labute approximate surface area is 72.8 Å². The summed E-state index contributed by atoms with van der Waals surface area (Å²) in [4.78, 5) is 0. The van der Waals surface area contributed by atoms with Crippen molar-refractivity contribution < 1.29 is 4.63 Å². The number of benzene rings is 1. The Morgan fingerprint density at radius 3 is 1.85 bits per heavy atom. The van der Waals surface area contributed by atoms with Crippen LogP contribution in [0.2, 0.25) is 0 Å². The first-order valence-corrected chi connectivity index (χ1v) is 3.42. The van der Waals surface area contributed by atoms with Crippen LogP contribution in [0.4, 0.5) is 0 Å². The van der Waals surface area contributed by atoms with Gasteiger partial charge in [-0.3, -0.25) is 0 Å². The Bertz CT molecular complexity index is 495. The molecule has 2 rings (SSSR count). The number of rotatable bonds is 0. The van der Waals surface area contributed by atoms with Crippen LogP contribution < -0.4 is 0 Å². The molecule has 0 saturated heterocycles. The van der Waals surface area contributed by atoms with E-state index in [0.717, 1.165) is 0 Å². The summed E-state index contributed by atoms with van der Waals surface area (Å²) in [6.07, 6.45) is 0. The van der Waals surface area contributed by atoms with Gasteiger partial charge in [0.15, 0.2) is 11.0 Å². The summed E-state index contributed by atoms with van der Waals surface area (Å²) in [5.74, 6) is 0. The number of hydrogen-bond acceptors (Lipinski definition) is 5. The second-order valence-corrected chi connectivity index (χ2v) is 2.35. The average Bonchev–Trinajstić information content (AvgIpc) is 2.64. The molecular weight excluding hydrogens is 168 g/mol. The lowest BCUT2D eigenvalue weighted by Crippen LogP contribution is -1.82. The lowest BCUT2D eigenvalue weighted by atomic mass is 10.1. The molecule has 5 heteroatoms. The maximum absolute atomic E-state index is 8.68. The molecule has 0 aliphatic rings. The van der Waals surface area contributed by atoms with Crippen LogP contribution in [0, 0.1) is 22.7 Å².